The SMILES string of the molecule is C[C@]1(O)C[C@@H](Nc2nnc(Cl)c3c2COCC3)C1. The van der Waals surface area contributed by atoms with Gasteiger partial charge >= 0.3 is 0 Å². The number of anilines is 1. The first kappa shape index (κ1) is 12.1. The summed E-state index contributed by atoms with van der Waals surface area (Å²) in [5, 5.41) is 21.6. The van der Waals surface area contributed by atoms with Crippen molar-refractivity contribution in [3.8, 4) is 0 Å². The second-order valence-corrected chi connectivity index (χ2v) is 5.70. The zero-order valence-corrected chi connectivity index (χ0v) is 11.0. The lowest BCUT2D eigenvalue weighted by molar-refractivity contribution is -0.0236. The number of nitrogens with one attached hydrogen (secondary N) is 1. The van der Waals surface area contributed by atoms with Crippen molar-refractivity contribution in [3.05, 3.63) is 16.3 Å². The van der Waals surface area contributed by atoms with E-state index < -0.39 is 5.60 Å². The summed E-state index contributed by atoms with van der Waals surface area (Å²) in [6.07, 6.45) is 2.24. The van der Waals surface area contributed by atoms with Crippen LogP contribution in [0, 0.1) is 0 Å². The second kappa shape index (κ2) is 4.33. The van der Waals surface area contributed by atoms with E-state index in [1.165, 1.54) is 0 Å². The number of hydrogen-bond acceptors (Lipinski definition) is 5. The molecule has 1 aliphatic heterocycles. The molecule has 0 atom stereocenters. The molecule has 1 fully saturated rings. The lowest BCUT2D eigenvalue weighted by atomic mass is 9.77. The van der Waals surface area contributed by atoms with Crippen molar-refractivity contribution in [2.75, 3.05) is 11.9 Å². The van der Waals surface area contributed by atoms with Gasteiger partial charge in [-0.05, 0) is 26.2 Å². The van der Waals surface area contributed by atoms with E-state index in [0.29, 0.717) is 18.4 Å². The number of fused-ring (bicyclic) bond motifs is 1. The maximum atomic E-state index is 9.72. The number of halogens is 1. The number of ether oxygens (including phenoxy) is 1. The molecule has 5 nitrogen and oxygen atoms in total. The van der Waals surface area contributed by atoms with E-state index >= 15 is 0 Å². The molecule has 0 saturated heterocycles. The summed E-state index contributed by atoms with van der Waals surface area (Å²) < 4.78 is 5.45. The quantitative estimate of drug-likeness (QED) is 0.852. The molecule has 1 aliphatic carbocycles. The van der Waals surface area contributed by atoms with E-state index in [1.807, 2.05) is 6.92 Å². The molecule has 18 heavy (non-hydrogen) atoms. The second-order valence-electron chi connectivity index (χ2n) is 5.35. The Labute approximate surface area is 111 Å². The van der Waals surface area contributed by atoms with Gasteiger partial charge in [0.2, 0.25) is 0 Å². The molecule has 1 aromatic rings. The van der Waals surface area contributed by atoms with Gasteiger partial charge in [0.05, 0.1) is 18.8 Å². The van der Waals surface area contributed by atoms with Gasteiger partial charge in [0.1, 0.15) is 0 Å². The Bertz CT molecular complexity index is 471. The molecule has 1 aromatic heterocycles. The molecular formula is C12H16ClN3O2. The minimum atomic E-state index is -0.548. The van der Waals surface area contributed by atoms with Crippen LogP contribution in [0.4, 0.5) is 5.82 Å². The van der Waals surface area contributed by atoms with E-state index in [4.69, 9.17) is 16.3 Å². The van der Waals surface area contributed by atoms with Crippen molar-refractivity contribution in [3.63, 3.8) is 0 Å². The molecule has 6 heteroatoms. The highest BCUT2D eigenvalue weighted by Gasteiger charge is 2.39. The molecule has 0 aromatic carbocycles. The number of aliphatic hydroxyl groups is 1. The third-order valence-corrected chi connectivity index (χ3v) is 3.90. The number of aromatic nitrogens is 2. The third kappa shape index (κ3) is 2.18. The van der Waals surface area contributed by atoms with E-state index in [-0.39, 0.29) is 6.04 Å². The predicted molar refractivity (Wildman–Crippen MR) is 67.7 cm³/mol. The summed E-state index contributed by atoms with van der Waals surface area (Å²) in [7, 11) is 0. The first-order chi connectivity index (χ1) is 8.55. The first-order valence-electron chi connectivity index (χ1n) is 6.16. The van der Waals surface area contributed by atoms with Gasteiger partial charge in [-0.2, -0.15) is 0 Å². The fraction of sp³-hybridized carbons (Fsp3) is 0.667. The lowest BCUT2D eigenvalue weighted by Gasteiger charge is -2.41. The van der Waals surface area contributed by atoms with Crippen LogP contribution >= 0.6 is 11.6 Å². The van der Waals surface area contributed by atoms with Gasteiger partial charge in [0, 0.05) is 17.2 Å². The molecule has 2 heterocycles. The predicted octanol–water partition coefficient (Wildman–Crippen LogP) is 1.53. The van der Waals surface area contributed by atoms with Crippen LogP contribution in [0.25, 0.3) is 0 Å². The largest absolute Gasteiger partial charge is 0.390 e. The molecule has 0 spiro atoms. The topological polar surface area (TPSA) is 67.3 Å². The molecule has 2 N–H and O–H groups in total. The Kier molecular flexibility index (Phi) is 2.92. The van der Waals surface area contributed by atoms with Crippen LogP contribution in [0.5, 0.6) is 0 Å². The fourth-order valence-corrected chi connectivity index (χ4v) is 2.90. The zero-order chi connectivity index (χ0) is 12.8. The number of hydrogen-bond donors (Lipinski definition) is 2. The lowest BCUT2D eigenvalue weighted by Crippen LogP contribution is -2.48. The number of nitrogens with zero attached hydrogens (tertiary/aromatic N) is 2. The summed E-state index contributed by atoms with van der Waals surface area (Å²) >= 11 is 6.05. The van der Waals surface area contributed by atoms with Crippen LogP contribution in [-0.2, 0) is 17.8 Å². The fourth-order valence-electron chi connectivity index (χ4n) is 2.65. The summed E-state index contributed by atoms with van der Waals surface area (Å²) in [5.74, 6) is 0.745. The number of rotatable bonds is 2. The monoisotopic (exact) mass is 269 g/mol. The molecular weight excluding hydrogens is 254 g/mol. The van der Waals surface area contributed by atoms with Crippen molar-refractivity contribution in [2.24, 2.45) is 0 Å². The molecule has 2 aliphatic rings. The highest BCUT2D eigenvalue weighted by atomic mass is 35.5. The molecule has 3 rings (SSSR count). The maximum Gasteiger partial charge on any atom is 0.155 e. The molecule has 0 unspecified atom stereocenters. The van der Waals surface area contributed by atoms with Crippen LogP contribution in [-0.4, -0.2) is 33.6 Å². The average Bonchev–Trinajstić information content (AvgIpc) is 2.31. The summed E-state index contributed by atoms with van der Waals surface area (Å²) in [4.78, 5) is 0. The maximum absolute atomic E-state index is 9.72. The molecule has 0 bridgehead atoms. The van der Waals surface area contributed by atoms with E-state index in [2.05, 4.69) is 15.5 Å². The van der Waals surface area contributed by atoms with Crippen LogP contribution in [0.1, 0.15) is 30.9 Å². The highest BCUT2D eigenvalue weighted by molar-refractivity contribution is 6.30. The van der Waals surface area contributed by atoms with Crippen LogP contribution in [0.15, 0.2) is 0 Å². The molecule has 1 saturated carbocycles. The Morgan fingerprint density at radius 1 is 1.39 bits per heavy atom. The Morgan fingerprint density at radius 3 is 2.89 bits per heavy atom. The van der Waals surface area contributed by atoms with E-state index in [9.17, 15) is 5.11 Å². The minimum absolute atomic E-state index is 0.251. The summed E-state index contributed by atoms with van der Waals surface area (Å²) in [5.41, 5.74) is 1.49. The van der Waals surface area contributed by atoms with E-state index in [1.54, 1.807) is 0 Å². The average molecular weight is 270 g/mol. The van der Waals surface area contributed by atoms with Crippen LogP contribution < -0.4 is 5.32 Å². The van der Waals surface area contributed by atoms with Gasteiger partial charge in [0.15, 0.2) is 11.0 Å². The van der Waals surface area contributed by atoms with Gasteiger partial charge in [-0.15, -0.1) is 10.2 Å². The zero-order valence-electron chi connectivity index (χ0n) is 10.2. The van der Waals surface area contributed by atoms with Gasteiger partial charge in [0.25, 0.3) is 0 Å². The van der Waals surface area contributed by atoms with E-state index in [0.717, 1.165) is 36.2 Å². The first-order valence-corrected chi connectivity index (χ1v) is 6.53. The van der Waals surface area contributed by atoms with Gasteiger partial charge in [-0.1, -0.05) is 11.6 Å². The van der Waals surface area contributed by atoms with Crippen LogP contribution in [0.3, 0.4) is 0 Å². The molecule has 98 valence electrons. The molecule has 0 amide bonds. The van der Waals surface area contributed by atoms with Crippen molar-refractivity contribution in [1.82, 2.24) is 10.2 Å². The van der Waals surface area contributed by atoms with Gasteiger partial charge < -0.3 is 15.2 Å². The van der Waals surface area contributed by atoms with Crippen LogP contribution in [0.2, 0.25) is 5.15 Å². The van der Waals surface area contributed by atoms with Crippen molar-refractivity contribution < 1.29 is 9.84 Å². The normalized spacial score (nSPS) is 30.5. The Morgan fingerprint density at radius 2 is 2.17 bits per heavy atom. The van der Waals surface area contributed by atoms with Crippen molar-refractivity contribution in [1.29, 1.82) is 0 Å². The molecule has 0 radical (unpaired) electrons. The highest BCUT2D eigenvalue weighted by Crippen LogP contribution is 2.35. The van der Waals surface area contributed by atoms with Gasteiger partial charge in [-0.3, -0.25) is 0 Å². The van der Waals surface area contributed by atoms with Crippen molar-refractivity contribution in [2.45, 2.75) is 44.4 Å². The minimum Gasteiger partial charge on any atom is -0.390 e. The Balaban J connectivity index is 1.80. The summed E-state index contributed by atoms with van der Waals surface area (Å²) in [6, 6.07) is 0.251. The third-order valence-electron chi connectivity index (χ3n) is 3.59. The summed E-state index contributed by atoms with van der Waals surface area (Å²) in [6.45, 7) is 3.04. The standard InChI is InChI=1S/C12H16ClN3O2/c1-12(17)4-7(5-12)14-11-9-6-18-3-2-8(9)10(13)15-16-11/h7,17H,2-6H2,1H3,(H,14,16)/t7-,12+. The van der Waals surface area contributed by atoms with Gasteiger partial charge in [-0.25, -0.2) is 0 Å². The smallest absolute Gasteiger partial charge is 0.155 e. The Hall–Kier alpha value is -0.910. The van der Waals surface area contributed by atoms with Crippen molar-refractivity contribution >= 4 is 17.4 Å².